The van der Waals surface area contributed by atoms with Crippen molar-refractivity contribution < 1.29 is 14.3 Å². The third kappa shape index (κ3) is 3.16. The van der Waals surface area contributed by atoms with Crippen molar-refractivity contribution in [1.82, 2.24) is 9.47 Å². The van der Waals surface area contributed by atoms with E-state index in [1.54, 1.807) is 14.2 Å². The number of aryl methyl sites for hydroxylation is 1. The maximum absolute atomic E-state index is 13.4. The van der Waals surface area contributed by atoms with Crippen LogP contribution in [0.15, 0.2) is 48.7 Å². The van der Waals surface area contributed by atoms with E-state index in [2.05, 4.69) is 29.8 Å². The molecule has 1 aliphatic rings. The maximum Gasteiger partial charge on any atom is 0.255 e. The fraction of sp³-hybridized carbons (Fsp3) is 0.292. The minimum Gasteiger partial charge on any atom is -0.493 e. The van der Waals surface area contributed by atoms with Crippen LogP contribution >= 0.6 is 0 Å². The van der Waals surface area contributed by atoms with Gasteiger partial charge in [-0.3, -0.25) is 4.79 Å². The van der Waals surface area contributed by atoms with Crippen molar-refractivity contribution in [2.24, 2.45) is 7.05 Å². The number of aromatic nitrogens is 1. The number of rotatable bonds is 6. The molecule has 5 nitrogen and oxygen atoms in total. The predicted molar refractivity (Wildman–Crippen MR) is 116 cm³/mol. The number of fused-ring (bicyclic) bond motifs is 1. The smallest absolute Gasteiger partial charge is 0.255 e. The predicted octanol–water partition coefficient (Wildman–Crippen LogP) is 4.36. The van der Waals surface area contributed by atoms with E-state index in [-0.39, 0.29) is 5.91 Å². The Hall–Kier alpha value is -3.21. The van der Waals surface area contributed by atoms with Crippen LogP contribution in [0, 0.1) is 0 Å². The standard InChI is InChI=1S/C24H26N2O3/c1-5-12-26-15-18(16-10-11-21(28-3)22(13-16)29-4)23(24(26)27)19-14-25(2)20-9-7-6-8-17(19)20/h6-11,13-14H,5,12,15H2,1-4H3. The van der Waals surface area contributed by atoms with Gasteiger partial charge in [-0.15, -0.1) is 0 Å². The molecule has 0 fully saturated rings. The largest absolute Gasteiger partial charge is 0.493 e. The van der Waals surface area contributed by atoms with E-state index in [0.29, 0.717) is 18.0 Å². The second kappa shape index (κ2) is 7.66. The molecule has 0 aliphatic carbocycles. The number of hydrogen-bond acceptors (Lipinski definition) is 3. The second-order valence-corrected chi connectivity index (χ2v) is 7.32. The monoisotopic (exact) mass is 390 g/mol. The summed E-state index contributed by atoms with van der Waals surface area (Å²) in [6.45, 7) is 3.43. The SMILES string of the molecule is CCCN1CC(c2ccc(OC)c(OC)c2)=C(c2cn(C)c3ccccc23)C1=O. The van der Waals surface area contributed by atoms with Gasteiger partial charge in [0.05, 0.1) is 19.8 Å². The van der Waals surface area contributed by atoms with Crippen LogP contribution in [0.25, 0.3) is 22.0 Å². The van der Waals surface area contributed by atoms with Gasteiger partial charge in [0.1, 0.15) is 0 Å². The van der Waals surface area contributed by atoms with Crippen LogP contribution in [0.2, 0.25) is 0 Å². The van der Waals surface area contributed by atoms with Crippen molar-refractivity contribution in [1.29, 1.82) is 0 Å². The molecule has 5 heteroatoms. The highest BCUT2D eigenvalue weighted by Crippen LogP contribution is 2.40. The molecule has 29 heavy (non-hydrogen) atoms. The Bertz CT molecular complexity index is 1110. The van der Waals surface area contributed by atoms with Crippen LogP contribution in [0.4, 0.5) is 0 Å². The van der Waals surface area contributed by atoms with Gasteiger partial charge in [0, 0.05) is 42.8 Å². The minimum absolute atomic E-state index is 0.0907. The first-order valence-corrected chi connectivity index (χ1v) is 9.88. The molecule has 2 aromatic carbocycles. The Morgan fingerprint density at radius 2 is 1.79 bits per heavy atom. The summed E-state index contributed by atoms with van der Waals surface area (Å²) in [6, 6.07) is 14.1. The molecular weight excluding hydrogens is 364 g/mol. The number of carbonyl (C=O) groups excluding carboxylic acids is 1. The summed E-state index contributed by atoms with van der Waals surface area (Å²) in [6.07, 6.45) is 2.99. The van der Waals surface area contributed by atoms with E-state index >= 15 is 0 Å². The van der Waals surface area contributed by atoms with Crippen molar-refractivity contribution in [3.63, 3.8) is 0 Å². The third-order valence-corrected chi connectivity index (χ3v) is 5.54. The van der Waals surface area contributed by atoms with Crippen LogP contribution in [-0.4, -0.2) is 42.7 Å². The molecule has 3 aromatic rings. The Balaban J connectivity index is 1.94. The number of amides is 1. The Kier molecular flexibility index (Phi) is 5.05. The lowest BCUT2D eigenvalue weighted by molar-refractivity contribution is -0.123. The fourth-order valence-corrected chi connectivity index (χ4v) is 4.16. The van der Waals surface area contributed by atoms with Gasteiger partial charge in [0.2, 0.25) is 0 Å². The molecule has 1 aromatic heterocycles. The van der Waals surface area contributed by atoms with Crippen molar-refractivity contribution >= 4 is 28.0 Å². The highest BCUT2D eigenvalue weighted by molar-refractivity contribution is 6.32. The number of hydrogen-bond donors (Lipinski definition) is 0. The van der Waals surface area contributed by atoms with Gasteiger partial charge < -0.3 is 18.9 Å². The number of ether oxygens (including phenoxy) is 2. The summed E-state index contributed by atoms with van der Waals surface area (Å²) < 4.78 is 13.0. The summed E-state index contributed by atoms with van der Waals surface area (Å²) in [5, 5.41) is 1.09. The molecule has 0 saturated heterocycles. The zero-order chi connectivity index (χ0) is 20.5. The average Bonchev–Trinajstić information content (AvgIpc) is 3.25. The normalized spacial score (nSPS) is 14.2. The van der Waals surface area contributed by atoms with Crippen LogP contribution in [0.3, 0.4) is 0 Å². The summed E-state index contributed by atoms with van der Waals surface area (Å²) in [5.41, 5.74) is 4.89. The molecule has 4 rings (SSSR count). The second-order valence-electron chi connectivity index (χ2n) is 7.32. The number of methoxy groups -OCH3 is 2. The van der Waals surface area contributed by atoms with E-state index < -0.39 is 0 Å². The van der Waals surface area contributed by atoms with Crippen LogP contribution in [-0.2, 0) is 11.8 Å². The van der Waals surface area contributed by atoms with Gasteiger partial charge in [-0.25, -0.2) is 0 Å². The summed E-state index contributed by atoms with van der Waals surface area (Å²) in [7, 11) is 5.27. The molecule has 1 amide bonds. The zero-order valence-corrected chi connectivity index (χ0v) is 17.4. The Morgan fingerprint density at radius 1 is 1.03 bits per heavy atom. The van der Waals surface area contributed by atoms with E-state index in [4.69, 9.17) is 9.47 Å². The molecule has 0 N–H and O–H groups in total. The van der Waals surface area contributed by atoms with E-state index in [1.165, 1.54) is 0 Å². The lowest BCUT2D eigenvalue weighted by Gasteiger charge is -2.15. The van der Waals surface area contributed by atoms with Gasteiger partial charge >= 0.3 is 0 Å². The third-order valence-electron chi connectivity index (χ3n) is 5.54. The van der Waals surface area contributed by atoms with Crippen molar-refractivity contribution in [3.8, 4) is 11.5 Å². The molecule has 150 valence electrons. The number of para-hydroxylation sites is 1. The minimum atomic E-state index is 0.0907. The first kappa shape index (κ1) is 19.1. The first-order valence-electron chi connectivity index (χ1n) is 9.88. The van der Waals surface area contributed by atoms with Crippen LogP contribution in [0.1, 0.15) is 24.5 Å². The molecule has 0 radical (unpaired) electrons. The van der Waals surface area contributed by atoms with Gasteiger partial charge in [0.25, 0.3) is 5.91 Å². The van der Waals surface area contributed by atoms with Crippen molar-refractivity contribution in [3.05, 3.63) is 59.8 Å². The molecule has 2 heterocycles. The summed E-state index contributed by atoms with van der Waals surface area (Å²) in [4.78, 5) is 15.3. The summed E-state index contributed by atoms with van der Waals surface area (Å²) >= 11 is 0. The Morgan fingerprint density at radius 3 is 2.52 bits per heavy atom. The number of benzene rings is 2. The van der Waals surface area contributed by atoms with E-state index in [0.717, 1.165) is 46.1 Å². The number of carbonyl (C=O) groups is 1. The molecule has 0 bridgehead atoms. The van der Waals surface area contributed by atoms with E-state index in [1.807, 2.05) is 42.3 Å². The van der Waals surface area contributed by atoms with Crippen molar-refractivity contribution in [2.45, 2.75) is 13.3 Å². The number of nitrogens with zero attached hydrogens (tertiary/aromatic N) is 2. The van der Waals surface area contributed by atoms with Gasteiger partial charge in [0.15, 0.2) is 11.5 Å². The van der Waals surface area contributed by atoms with Crippen LogP contribution in [0.5, 0.6) is 11.5 Å². The average molecular weight is 390 g/mol. The first-order chi connectivity index (χ1) is 14.1. The molecule has 0 unspecified atom stereocenters. The highest BCUT2D eigenvalue weighted by atomic mass is 16.5. The molecule has 0 saturated carbocycles. The molecule has 0 atom stereocenters. The maximum atomic E-state index is 13.4. The zero-order valence-electron chi connectivity index (χ0n) is 17.4. The van der Waals surface area contributed by atoms with E-state index in [9.17, 15) is 4.79 Å². The lowest BCUT2D eigenvalue weighted by atomic mass is 9.96. The van der Waals surface area contributed by atoms with Gasteiger partial charge in [-0.2, -0.15) is 0 Å². The fourth-order valence-electron chi connectivity index (χ4n) is 4.16. The van der Waals surface area contributed by atoms with Gasteiger partial charge in [-0.1, -0.05) is 31.2 Å². The van der Waals surface area contributed by atoms with Crippen molar-refractivity contribution in [2.75, 3.05) is 27.3 Å². The highest BCUT2D eigenvalue weighted by Gasteiger charge is 2.33. The summed E-state index contributed by atoms with van der Waals surface area (Å²) in [5.74, 6) is 1.43. The lowest BCUT2D eigenvalue weighted by Crippen LogP contribution is -2.27. The molecule has 1 aliphatic heterocycles. The molecular formula is C24H26N2O3. The van der Waals surface area contributed by atoms with Crippen LogP contribution < -0.4 is 9.47 Å². The molecule has 0 spiro atoms. The quantitative estimate of drug-likeness (QED) is 0.628. The topological polar surface area (TPSA) is 43.7 Å². The Labute approximate surface area is 171 Å². The van der Waals surface area contributed by atoms with Gasteiger partial charge in [-0.05, 0) is 35.8 Å².